The zero-order valence-electron chi connectivity index (χ0n) is 17.8. The summed E-state index contributed by atoms with van der Waals surface area (Å²) in [5.74, 6) is 0.862. The summed E-state index contributed by atoms with van der Waals surface area (Å²) in [6, 6.07) is 19.8. The number of aromatic nitrogens is 2. The van der Waals surface area contributed by atoms with Crippen LogP contribution in [-0.4, -0.2) is 19.6 Å². The third kappa shape index (κ3) is 3.59. The Balaban J connectivity index is 1.64. The maximum absolute atomic E-state index is 6.56. The van der Waals surface area contributed by atoms with E-state index in [1.807, 2.05) is 60.8 Å². The Hall–Kier alpha value is -3.09. The number of pyridine rings is 1. The van der Waals surface area contributed by atoms with Crippen LogP contribution in [0.25, 0.3) is 5.69 Å². The van der Waals surface area contributed by atoms with Crippen LogP contribution < -0.4 is 5.32 Å². The molecule has 0 bridgehead atoms. The van der Waals surface area contributed by atoms with Crippen LogP contribution in [0.1, 0.15) is 40.5 Å². The van der Waals surface area contributed by atoms with Gasteiger partial charge in [0, 0.05) is 17.6 Å². The second kappa shape index (κ2) is 8.45. The highest BCUT2D eigenvalue weighted by Crippen LogP contribution is 2.42. The largest absolute Gasteiger partial charge is 0.467 e. The molecule has 1 aliphatic rings. The molecule has 0 radical (unpaired) electrons. The van der Waals surface area contributed by atoms with Gasteiger partial charge in [0.2, 0.25) is 0 Å². The highest BCUT2D eigenvalue weighted by Gasteiger charge is 2.41. The van der Waals surface area contributed by atoms with Gasteiger partial charge >= 0.3 is 0 Å². The van der Waals surface area contributed by atoms with E-state index in [4.69, 9.17) is 28.2 Å². The Bertz CT molecular complexity index is 1250. The first-order valence-electron chi connectivity index (χ1n) is 10.5. The highest BCUT2D eigenvalue weighted by molar-refractivity contribution is 7.80. The Morgan fingerprint density at radius 1 is 1.09 bits per heavy atom. The maximum Gasteiger partial charge on any atom is 0.170 e. The molecule has 1 aliphatic heterocycles. The fourth-order valence-corrected chi connectivity index (χ4v) is 5.10. The summed E-state index contributed by atoms with van der Waals surface area (Å²) in [6.07, 6.45) is 3.51. The minimum atomic E-state index is -0.0844. The van der Waals surface area contributed by atoms with Crippen molar-refractivity contribution in [3.8, 4) is 5.69 Å². The molecule has 7 heteroatoms. The van der Waals surface area contributed by atoms with E-state index < -0.39 is 0 Å². The molecule has 1 N–H and O–H groups in total. The Morgan fingerprint density at radius 2 is 1.91 bits per heavy atom. The monoisotopic (exact) mass is 462 g/mol. The second-order valence-corrected chi connectivity index (χ2v) is 8.74. The number of furan rings is 1. The molecule has 0 aliphatic carbocycles. The van der Waals surface area contributed by atoms with Crippen molar-refractivity contribution in [3.63, 3.8) is 0 Å². The van der Waals surface area contributed by atoms with E-state index in [1.165, 1.54) is 5.56 Å². The molecule has 2 atom stereocenters. The van der Waals surface area contributed by atoms with E-state index in [-0.39, 0.29) is 12.1 Å². The van der Waals surface area contributed by atoms with Crippen LogP contribution in [0.15, 0.2) is 77.5 Å². The molecule has 1 fully saturated rings. The summed E-state index contributed by atoms with van der Waals surface area (Å²) in [5, 5.41) is 4.91. The molecule has 32 heavy (non-hydrogen) atoms. The third-order valence-corrected chi connectivity index (χ3v) is 6.66. The number of hydrogen-bond donors (Lipinski definition) is 1. The van der Waals surface area contributed by atoms with Crippen LogP contribution in [0, 0.1) is 13.8 Å². The van der Waals surface area contributed by atoms with Gasteiger partial charge in [-0.1, -0.05) is 29.8 Å². The minimum absolute atomic E-state index is 0.0510. The van der Waals surface area contributed by atoms with Gasteiger partial charge in [-0.2, -0.15) is 0 Å². The summed E-state index contributed by atoms with van der Waals surface area (Å²) in [6.45, 7) is 4.81. The Kier molecular flexibility index (Phi) is 5.49. The molecule has 0 saturated carbocycles. The molecular weight excluding hydrogens is 440 g/mol. The molecule has 1 aromatic carbocycles. The number of rotatable bonds is 5. The molecule has 4 heterocycles. The quantitative estimate of drug-likeness (QED) is 0.373. The predicted octanol–water partition coefficient (Wildman–Crippen LogP) is 5.91. The van der Waals surface area contributed by atoms with Crippen LogP contribution in [0.4, 0.5) is 0 Å². The van der Waals surface area contributed by atoms with E-state index in [2.05, 4.69) is 39.7 Å². The average molecular weight is 463 g/mol. The molecule has 4 aromatic rings. The number of halogens is 1. The number of para-hydroxylation sites is 1. The van der Waals surface area contributed by atoms with Gasteiger partial charge in [-0.3, -0.25) is 4.98 Å². The van der Waals surface area contributed by atoms with Crippen molar-refractivity contribution in [1.29, 1.82) is 0 Å². The van der Waals surface area contributed by atoms with Gasteiger partial charge in [-0.25, -0.2) is 0 Å². The maximum atomic E-state index is 6.56. The molecule has 3 aromatic heterocycles. The summed E-state index contributed by atoms with van der Waals surface area (Å²) in [7, 11) is 0. The number of thiocarbonyl (C=S) groups is 1. The molecule has 0 spiro atoms. The zero-order valence-corrected chi connectivity index (χ0v) is 19.4. The van der Waals surface area contributed by atoms with Gasteiger partial charge < -0.3 is 19.2 Å². The van der Waals surface area contributed by atoms with E-state index in [0.717, 1.165) is 33.6 Å². The summed E-state index contributed by atoms with van der Waals surface area (Å²) in [5.41, 5.74) is 5.33. The number of nitrogens with one attached hydrogen (secondary N) is 1. The first kappa shape index (κ1) is 20.8. The van der Waals surface area contributed by atoms with Gasteiger partial charge in [0.25, 0.3) is 0 Å². The predicted molar refractivity (Wildman–Crippen MR) is 130 cm³/mol. The lowest BCUT2D eigenvalue weighted by atomic mass is 9.96. The van der Waals surface area contributed by atoms with Gasteiger partial charge in [0.05, 0.1) is 41.3 Å². The van der Waals surface area contributed by atoms with Crippen LogP contribution in [0.2, 0.25) is 5.02 Å². The first-order chi connectivity index (χ1) is 15.5. The SMILES string of the molecule is Cc1cc([C@H]2[C@H](c3ccccn3)NC(=S)N2Cc2ccco2)c(C)n1-c1ccccc1Cl. The normalized spacial score (nSPS) is 18.2. The number of benzene rings is 1. The van der Waals surface area contributed by atoms with Gasteiger partial charge in [-0.15, -0.1) is 0 Å². The molecule has 1 saturated heterocycles. The second-order valence-electron chi connectivity index (χ2n) is 7.95. The van der Waals surface area contributed by atoms with Crippen molar-refractivity contribution < 1.29 is 4.42 Å². The molecule has 0 amide bonds. The standard InChI is InChI=1S/C25H23ClN4OS/c1-16-14-19(17(2)30(16)22-11-4-3-9-20(22)26)24-23(21-10-5-6-12-27-21)28-25(32)29(24)15-18-8-7-13-31-18/h3-14,23-24H,15H2,1-2H3,(H,28,32)/t23-,24-/m0/s1. The van der Waals surface area contributed by atoms with E-state index in [1.54, 1.807) is 6.26 Å². The number of aryl methyl sites for hydroxylation is 1. The van der Waals surface area contributed by atoms with Crippen molar-refractivity contribution in [3.05, 3.63) is 107 Å². The molecular formula is C25H23ClN4OS. The number of hydrogen-bond acceptors (Lipinski definition) is 3. The van der Waals surface area contributed by atoms with Crippen molar-refractivity contribution in [2.45, 2.75) is 32.5 Å². The van der Waals surface area contributed by atoms with Crippen molar-refractivity contribution in [2.24, 2.45) is 0 Å². The van der Waals surface area contributed by atoms with Gasteiger partial charge in [0.1, 0.15) is 5.76 Å². The molecule has 5 nitrogen and oxygen atoms in total. The van der Waals surface area contributed by atoms with E-state index in [0.29, 0.717) is 11.7 Å². The Labute approximate surface area is 197 Å². The summed E-state index contributed by atoms with van der Waals surface area (Å²) >= 11 is 12.3. The van der Waals surface area contributed by atoms with Crippen LogP contribution >= 0.6 is 23.8 Å². The summed E-state index contributed by atoms with van der Waals surface area (Å²) in [4.78, 5) is 6.82. The first-order valence-corrected chi connectivity index (χ1v) is 11.3. The van der Waals surface area contributed by atoms with Crippen molar-refractivity contribution in [2.75, 3.05) is 0 Å². The van der Waals surface area contributed by atoms with Gasteiger partial charge in [-0.05, 0) is 74.1 Å². The fourth-order valence-electron chi connectivity index (χ4n) is 4.58. The van der Waals surface area contributed by atoms with Crippen LogP contribution in [-0.2, 0) is 6.54 Å². The average Bonchev–Trinajstić information content (AvgIpc) is 3.49. The highest BCUT2D eigenvalue weighted by atomic mass is 35.5. The topological polar surface area (TPSA) is 46.2 Å². The van der Waals surface area contributed by atoms with E-state index >= 15 is 0 Å². The molecule has 162 valence electrons. The molecule has 5 rings (SSSR count). The fraction of sp³-hybridized carbons (Fsp3) is 0.200. The Morgan fingerprint density at radius 3 is 2.62 bits per heavy atom. The van der Waals surface area contributed by atoms with Gasteiger partial charge in [0.15, 0.2) is 5.11 Å². The van der Waals surface area contributed by atoms with E-state index in [9.17, 15) is 0 Å². The van der Waals surface area contributed by atoms with Crippen LogP contribution in [0.3, 0.4) is 0 Å². The minimum Gasteiger partial charge on any atom is -0.467 e. The number of nitrogens with zero attached hydrogens (tertiary/aromatic N) is 3. The van der Waals surface area contributed by atoms with Crippen molar-refractivity contribution in [1.82, 2.24) is 19.8 Å². The summed E-state index contributed by atoms with van der Waals surface area (Å²) < 4.78 is 7.85. The zero-order chi connectivity index (χ0) is 22.2. The lowest BCUT2D eigenvalue weighted by molar-refractivity contribution is 0.286. The van der Waals surface area contributed by atoms with Crippen molar-refractivity contribution >= 4 is 28.9 Å². The van der Waals surface area contributed by atoms with Crippen LogP contribution in [0.5, 0.6) is 0 Å². The third-order valence-electron chi connectivity index (χ3n) is 5.99. The lowest BCUT2D eigenvalue weighted by Crippen LogP contribution is -2.29. The smallest absolute Gasteiger partial charge is 0.170 e. The lowest BCUT2D eigenvalue weighted by Gasteiger charge is -2.27. The molecule has 0 unspecified atom stereocenters.